The number of primary amides is 1. The Balaban J connectivity index is 1.24. The van der Waals surface area contributed by atoms with E-state index in [0.29, 0.717) is 18.8 Å². The number of carbonyl (C=O) groups is 1. The van der Waals surface area contributed by atoms with Gasteiger partial charge in [-0.3, -0.25) is 9.79 Å². The molecule has 8 heteroatoms. The molecule has 4 unspecified atom stereocenters. The van der Waals surface area contributed by atoms with E-state index >= 15 is 0 Å². The number of amides is 1. The number of carbonyl (C=O) groups excluding carboxylic acids is 1. The maximum absolute atomic E-state index is 12.2. The van der Waals surface area contributed by atoms with Gasteiger partial charge in [-0.15, -0.1) is 0 Å². The van der Waals surface area contributed by atoms with Crippen molar-refractivity contribution in [1.82, 2.24) is 14.9 Å². The standard InChI is InChI=1S/C27H33N7O/c1-16-13-17(3-6-21(16)34-11-9-33(2)10-12-34)14-22-30-20-7-8-29-25(20)27(31-22)32-24-19-5-4-18(15-19)23(24)26(28)35/h3-6,8,13,18-19,23-24H,7,9-12,14-15H2,1-2H3,(H2,28,35)(H,30,31,32). The highest BCUT2D eigenvalue weighted by molar-refractivity contribution is 5.82. The van der Waals surface area contributed by atoms with Crippen molar-refractivity contribution >= 4 is 29.3 Å². The molecule has 3 heterocycles. The van der Waals surface area contributed by atoms with Gasteiger partial charge in [-0.25, -0.2) is 9.97 Å². The summed E-state index contributed by atoms with van der Waals surface area (Å²) in [7, 11) is 2.18. The molecule has 4 aliphatic rings. The molecule has 0 radical (unpaired) electrons. The van der Waals surface area contributed by atoms with Crippen LogP contribution in [0.5, 0.6) is 0 Å². The summed E-state index contributed by atoms with van der Waals surface area (Å²) in [6.45, 7) is 6.50. The number of benzene rings is 1. The van der Waals surface area contributed by atoms with Gasteiger partial charge in [0.25, 0.3) is 0 Å². The molecule has 1 saturated carbocycles. The Bertz CT molecular complexity index is 1210. The number of nitrogens with zero attached hydrogens (tertiary/aromatic N) is 5. The number of likely N-dealkylation sites (N-methyl/N-ethyl adjacent to an activating group) is 1. The Labute approximate surface area is 206 Å². The highest BCUT2D eigenvalue weighted by atomic mass is 16.1. The van der Waals surface area contributed by atoms with Crippen molar-refractivity contribution in [2.24, 2.45) is 28.5 Å². The quantitative estimate of drug-likeness (QED) is 0.628. The fraction of sp³-hybridized carbons (Fsp3) is 0.481. The molecule has 3 N–H and O–H groups in total. The lowest BCUT2D eigenvalue weighted by atomic mass is 9.88. The lowest BCUT2D eigenvalue weighted by Crippen LogP contribution is -2.44. The zero-order valence-corrected chi connectivity index (χ0v) is 20.4. The topological polar surface area (TPSA) is 99.7 Å². The Morgan fingerprint density at radius 3 is 2.71 bits per heavy atom. The van der Waals surface area contributed by atoms with Crippen molar-refractivity contribution in [1.29, 1.82) is 0 Å². The van der Waals surface area contributed by atoms with Crippen molar-refractivity contribution in [3.05, 3.63) is 53.0 Å². The first kappa shape index (κ1) is 22.2. The highest BCUT2D eigenvalue weighted by Gasteiger charge is 2.47. The molecule has 1 aromatic carbocycles. The summed E-state index contributed by atoms with van der Waals surface area (Å²) in [6.07, 6.45) is 8.56. The van der Waals surface area contributed by atoms with Crippen LogP contribution in [0.2, 0.25) is 0 Å². The molecule has 0 spiro atoms. The van der Waals surface area contributed by atoms with Crippen LogP contribution in [0.4, 0.5) is 17.2 Å². The van der Waals surface area contributed by atoms with Crippen molar-refractivity contribution in [3.8, 4) is 0 Å². The number of hydrogen-bond acceptors (Lipinski definition) is 7. The van der Waals surface area contributed by atoms with Gasteiger partial charge < -0.3 is 20.9 Å². The second-order valence-electron chi connectivity index (χ2n) is 10.4. The van der Waals surface area contributed by atoms with Crippen LogP contribution < -0.4 is 16.0 Å². The van der Waals surface area contributed by atoms with Crippen molar-refractivity contribution in [3.63, 3.8) is 0 Å². The van der Waals surface area contributed by atoms with E-state index in [0.717, 1.165) is 55.6 Å². The van der Waals surface area contributed by atoms with Crippen LogP contribution in [-0.2, 0) is 17.6 Å². The van der Waals surface area contributed by atoms with E-state index in [1.807, 2.05) is 6.21 Å². The minimum Gasteiger partial charge on any atom is -0.369 e. The number of aryl methyl sites for hydroxylation is 1. The first-order valence-corrected chi connectivity index (χ1v) is 12.7. The molecule has 2 aliphatic heterocycles. The minimum atomic E-state index is -0.246. The molecule has 2 bridgehead atoms. The van der Waals surface area contributed by atoms with E-state index in [9.17, 15) is 4.79 Å². The van der Waals surface area contributed by atoms with E-state index in [2.05, 4.69) is 64.4 Å². The fourth-order valence-electron chi connectivity index (χ4n) is 6.21. The average Bonchev–Trinajstić information content (AvgIpc) is 3.56. The van der Waals surface area contributed by atoms with E-state index in [1.54, 1.807) is 0 Å². The maximum atomic E-state index is 12.2. The third-order valence-corrected chi connectivity index (χ3v) is 8.07. The van der Waals surface area contributed by atoms with Crippen LogP contribution in [0.3, 0.4) is 0 Å². The summed E-state index contributed by atoms with van der Waals surface area (Å²) in [6, 6.07) is 6.66. The van der Waals surface area contributed by atoms with Gasteiger partial charge in [0, 0.05) is 57.0 Å². The largest absolute Gasteiger partial charge is 0.369 e. The SMILES string of the molecule is Cc1cc(Cc2nc3c(c(NC4C5C=CC(C5)C4C(N)=O)n2)N=CC3)ccc1N1CCN(C)CC1. The second kappa shape index (κ2) is 8.75. The predicted octanol–water partition coefficient (Wildman–Crippen LogP) is 2.47. The summed E-state index contributed by atoms with van der Waals surface area (Å²) in [4.78, 5) is 31.3. The monoisotopic (exact) mass is 471 g/mol. The molecule has 1 saturated heterocycles. The molecular weight excluding hydrogens is 438 g/mol. The Morgan fingerprint density at radius 1 is 1.14 bits per heavy atom. The number of hydrogen-bond donors (Lipinski definition) is 2. The van der Waals surface area contributed by atoms with E-state index in [-0.39, 0.29) is 23.8 Å². The van der Waals surface area contributed by atoms with Crippen LogP contribution in [0.25, 0.3) is 0 Å². The summed E-state index contributed by atoms with van der Waals surface area (Å²) in [5, 5.41) is 3.57. The number of rotatable bonds is 6. The normalized spacial score (nSPS) is 27.0. The molecule has 2 aliphatic carbocycles. The fourth-order valence-corrected chi connectivity index (χ4v) is 6.21. The number of anilines is 2. The first-order valence-electron chi connectivity index (χ1n) is 12.7. The van der Waals surface area contributed by atoms with Crippen molar-refractivity contribution in [2.45, 2.75) is 32.2 Å². The van der Waals surface area contributed by atoms with Gasteiger partial charge in [-0.2, -0.15) is 0 Å². The summed E-state index contributed by atoms with van der Waals surface area (Å²) in [5.41, 5.74) is 11.3. The van der Waals surface area contributed by atoms with Crippen molar-refractivity contribution < 1.29 is 4.79 Å². The number of fused-ring (bicyclic) bond motifs is 3. The smallest absolute Gasteiger partial charge is 0.223 e. The highest BCUT2D eigenvalue weighted by Crippen LogP contribution is 2.45. The van der Waals surface area contributed by atoms with E-state index in [1.165, 1.54) is 16.8 Å². The van der Waals surface area contributed by atoms with Gasteiger partial charge >= 0.3 is 0 Å². The van der Waals surface area contributed by atoms with Crippen LogP contribution in [0.1, 0.15) is 29.1 Å². The Morgan fingerprint density at radius 2 is 1.94 bits per heavy atom. The summed E-state index contributed by atoms with van der Waals surface area (Å²) in [5.74, 6) is 1.55. The van der Waals surface area contributed by atoms with Gasteiger partial charge in [0.2, 0.25) is 5.91 Å². The molecule has 1 aromatic heterocycles. The molecule has 6 rings (SSSR count). The van der Waals surface area contributed by atoms with Crippen molar-refractivity contribution in [2.75, 3.05) is 43.4 Å². The number of allylic oxidation sites excluding steroid dienone is 1. The van der Waals surface area contributed by atoms with Gasteiger partial charge in [-0.05, 0) is 49.4 Å². The molecular formula is C27H33N7O. The third-order valence-electron chi connectivity index (χ3n) is 8.07. The minimum absolute atomic E-state index is 0.0461. The lowest BCUT2D eigenvalue weighted by Gasteiger charge is -2.35. The van der Waals surface area contributed by atoms with Gasteiger partial charge in [0.05, 0.1) is 11.6 Å². The molecule has 8 nitrogen and oxygen atoms in total. The third kappa shape index (κ3) is 4.10. The maximum Gasteiger partial charge on any atom is 0.223 e. The van der Waals surface area contributed by atoms with Gasteiger partial charge in [-0.1, -0.05) is 24.3 Å². The number of nitrogens with one attached hydrogen (secondary N) is 1. The number of aromatic nitrogens is 2. The van der Waals surface area contributed by atoms with E-state index in [4.69, 9.17) is 15.7 Å². The predicted molar refractivity (Wildman–Crippen MR) is 138 cm³/mol. The molecule has 4 atom stereocenters. The zero-order chi connectivity index (χ0) is 24.1. The van der Waals surface area contributed by atoms with Crippen LogP contribution >= 0.6 is 0 Å². The average molecular weight is 472 g/mol. The zero-order valence-electron chi connectivity index (χ0n) is 20.4. The van der Waals surface area contributed by atoms with Gasteiger partial charge in [0.15, 0.2) is 5.82 Å². The van der Waals surface area contributed by atoms with Crippen LogP contribution in [0, 0.1) is 24.7 Å². The van der Waals surface area contributed by atoms with Gasteiger partial charge in [0.1, 0.15) is 11.5 Å². The molecule has 1 amide bonds. The Hall–Kier alpha value is -3.26. The van der Waals surface area contributed by atoms with Crippen LogP contribution in [0.15, 0.2) is 35.3 Å². The molecule has 2 aromatic rings. The number of nitrogens with two attached hydrogens (primary N) is 1. The summed E-state index contributed by atoms with van der Waals surface area (Å²) >= 11 is 0. The first-order chi connectivity index (χ1) is 17.0. The molecule has 182 valence electrons. The molecule has 2 fully saturated rings. The van der Waals surface area contributed by atoms with E-state index < -0.39 is 0 Å². The number of piperazine rings is 1. The Kier molecular flexibility index (Phi) is 5.56. The summed E-state index contributed by atoms with van der Waals surface area (Å²) < 4.78 is 0. The van der Waals surface area contributed by atoms with Crippen LogP contribution in [-0.4, -0.2) is 66.3 Å². The lowest BCUT2D eigenvalue weighted by molar-refractivity contribution is -0.122. The second-order valence-corrected chi connectivity index (χ2v) is 10.4. The number of aliphatic imine (C=N–C) groups is 1. The molecule has 35 heavy (non-hydrogen) atoms.